The average molecular weight is 275 g/mol. The Kier molecular flexibility index (Phi) is 3.91. The smallest absolute Gasteiger partial charge is 0.330 e. The highest BCUT2D eigenvalue weighted by Crippen LogP contribution is 2.24. The zero-order valence-electron chi connectivity index (χ0n) is 10.7. The number of anilines is 1. The Hall–Kier alpha value is -2.95. The van der Waals surface area contributed by atoms with Crippen LogP contribution in [-0.2, 0) is 0 Å². The van der Waals surface area contributed by atoms with Crippen molar-refractivity contribution in [3.05, 3.63) is 29.6 Å². The zero-order chi connectivity index (χ0) is 14.5. The van der Waals surface area contributed by atoms with Crippen LogP contribution < -0.4 is 14.8 Å². The maximum Gasteiger partial charge on any atom is 0.330 e. The second kappa shape index (κ2) is 5.79. The molecule has 0 fully saturated rings. The molecule has 0 bridgehead atoms. The molecule has 1 N–H and O–H groups in total. The third-order valence-corrected chi connectivity index (χ3v) is 2.26. The highest BCUT2D eigenvalue weighted by atomic mass is 19.1. The number of benzene rings is 1. The molecule has 1 heterocycles. The molecular weight excluding hydrogens is 265 g/mol. The number of halogens is 1. The molecule has 102 valence electrons. The summed E-state index contributed by atoms with van der Waals surface area (Å²) >= 11 is 0. The topological polar surface area (TPSA) is 93.0 Å². The molecule has 0 radical (unpaired) electrons. The van der Waals surface area contributed by atoms with Gasteiger partial charge in [0.1, 0.15) is 0 Å². The molecule has 0 aliphatic heterocycles. The number of aromatic nitrogens is 3. The van der Waals surface area contributed by atoms with Gasteiger partial charge in [-0.1, -0.05) is 0 Å². The lowest BCUT2D eigenvalue weighted by atomic mass is 10.2. The molecule has 20 heavy (non-hydrogen) atoms. The Bertz CT molecular complexity index is 649. The largest absolute Gasteiger partial charge is 0.467 e. The SMILES string of the molecule is CNc1nc(OC)nc(Oc2ccc(C#N)cc2F)n1. The van der Waals surface area contributed by atoms with Crippen molar-refractivity contribution in [2.24, 2.45) is 0 Å². The number of nitrogens with zero attached hydrogens (tertiary/aromatic N) is 4. The molecule has 2 rings (SSSR count). The fourth-order valence-corrected chi connectivity index (χ4v) is 1.34. The monoisotopic (exact) mass is 275 g/mol. The van der Waals surface area contributed by atoms with E-state index >= 15 is 0 Å². The van der Waals surface area contributed by atoms with Crippen LogP contribution in [-0.4, -0.2) is 29.1 Å². The van der Waals surface area contributed by atoms with Gasteiger partial charge in [0, 0.05) is 7.05 Å². The van der Waals surface area contributed by atoms with Crippen LogP contribution in [0.4, 0.5) is 10.3 Å². The minimum Gasteiger partial charge on any atom is -0.467 e. The van der Waals surface area contributed by atoms with Crippen LogP contribution in [0.25, 0.3) is 0 Å². The highest BCUT2D eigenvalue weighted by molar-refractivity contribution is 5.37. The van der Waals surface area contributed by atoms with Gasteiger partial charge in [-0.25, -0.2) is 4.39 Å². The van der Waals surface area contributed by atoms with Crippen molar-refractivity contribution in [2.75, 3.05) is 19.5 Å². The average Bonchev–Trinajstić information content (AvgIpc) is 2.48. The van der Waals surface area contributed by atoms with E-state index in [1.54, 1.807) is 7.05 Å². The summed E-state index contributed by atoms with van der Waals surface area (Å²) in [5.41, 5.74) is 0.194. The van der Waals surface area contributed by atoms with E-state index in [0.717, 1.165) is 6.07 Å². The normalized spacial score (nSPS) is 9.70. The first-order valence-electron chi connectivity index (χ1n) is 5.51. The van der Waals surface area contributed by atoms with Crippen molar-refractivity contribution in [3.8, 4) is 23.8 Å². The Labute approximate surface area is 114 Å². The van der Waals surface area contributed by atoms with Gasteiger partial charge in [-0.2, -0.15) is 15.2 Å². The minimum atomic E-state index is -0.686. The van der Waals surface area contributed by atoms with Crippen molar-refractivity contribution in [2.45, 2.75) is 0 Å². The van der Waals surface area contributed by atoms with Gasteiger partial charge in [-0.15, -0.1) is 4.98 Å². The fourth-order valence-electron chi connectivity index (χ4n) is 1.34. The van der Waals surface area contributed by atoms with Gasteiger partial charge in [-0.05, 0) is 18.2 Å². The Balaban J connectivity index is 2.32. The fraction of sp³-hybridized carbons (Fsp3) is 0.167. The van der Waals surface area contributed by atoms with Gasteiger partial charge in [0.25, 0.3) is 0 Å². The lowest BCUT2D eigenvalue weighted by Crippen LogP contribution is -2.03. The molecule has 0 unspecified atom stereocenters. The third-order valence-electron chi connectivity index (χ3n) is 2.26. The van der Waals surface area contributed by atoms with E-state index in [1.807, 2.05) is 6.07 Å². The van der Waals surface area contributed by atoms with Crippen molar-refractivity contribution >= 4 is 5.95 Å². The molecule has 2 aromatic rings. The predicted octanol–water partition coefficient (Wildman–Crippen LogP) is 1.72. The molecule has 0 amide bonds. The number of ether oxygens (including phenoxy) is 2. The molecule has 0 aliphatic carbocycles. The number of nitrogens with one attached hydrogen (secondary N) is 1. The van der Waals surface area contributed by atoms with Gasteiger partial charge < -0.3 is 14.8 Å². The van der Waals surface area contributed by atoms with Crippen molar-refractivity contribution in [3.63, 3.8) is 0 Å². The van der Waals surface area contributed by atoms with Crippen molar-refractivity contribution in [1.29, 1.82) is 5.26 Å². The summed E-state index contributed by atoms with van der Waals surface area (Å²) in [6.07, 6.45) is 0. The molecule has 0 saturated carbocycles. The molecule has 1 aromatic heterocycles. The summed E-state index contributed by atoms with van der Waals surface area (Å²) in [5.74, 6) is -0.561. The molecule has 8 heteroatoms. The molecule has 0 spiro atoms. The summed E-state index contributed by atoms with van der Waals surface area (Å²) in [6.45, 7) is 0. The van der Waals surface area contributed by atoms with Crippen LogP contribution in [0.1, 0.15) is 5.56 Å². The lowest BCUT2D eigenvalue weighted by Gasteiger charge is -2.07. The van der Waals surface area contributed by atoms with Crippen molar-refractivity contribution < 1.29 is 13.9 Å². The Morgan fingerprint density at radius 3 is 2.60 bits per heavy atom. The summed E-state index contributed by atoms with van der Waals surface area (Å²) < 4.78 is 23.8. The van der Waals surface area contributed by atoms with Crippen molar-refractivity contribution in [1.82, 2.24) is 15.0 Å². The maximum absolute atomic E-state index is 13.7. The first-order chi connectivity index (χ1) is 9.66. The molecule has 0 saturated heterocycles. The van der Waals surface area contributed by atoms with Gasteiger partial charge in [-0.3, -0.25) is 0 Å². The van der Waals surface area contributed by atoms with E-state index in [0.29, 0.717) is 0 Å². The molecular formula is C12H10FN5O2. The minimum absolute atomic E-state index is 0.0356. The summed E-state index contributed by atoms with van der Waals surface area (Å²) in [4.78, 5) is 11.6. The second-order valence-corrected chi connectivity index (χ2v) is 3.54. The lowest BCUT2D eigenvalue weighted by molar-refractivity contribution is 0.355. The van der Waals surface area contributed by atoms with Crippen LogP contribution in [0.5, 0.6) is 17.8 Å². The van der Waals surface area contributed by atoms with Gasteiger partial charge >= 0.3 is 12.0 Å². The van der Waals surface area contributed by atoms with Gasteiger partial charge in [0.2, 0.25) is 5.95 Å². The summed E-state index contributed by atoms with van der Waals surface area (Å²) in [7, 11) is 3.00. The molecule has 1 aromatic carbocycles. The molecule has 0 atom stereocenters. The highest BCUT2D eigenvalue weighted by Gasteiger charge is 2.11. The van der Waals surface area contributed by atoms with Gasteiger partial charge in [0.15, 0.2) is 11.6 Å². The summed E-state index contributed by atoms with van der Waals surface area (Å²) in [5, 5.41) is 11.4. The second-order valence-electron chi connectivity index (χ2n) is 3.54. The summed E-state index contributed by atoms with van der Waals surface area (Å²) in [6, 6.07) is 5.55. The Morgan fingerprint density at radius 1 is 1.25 bits per heavy atom. The Morgan fingerprint density at radius 2 is 2.00 bits per heavy atom. The number of methoxy groups -OCH3 is 1. The van der Waals surface area contributed by atoms with Crippen LogP contribution in [0.2, 0.25) is 0 Å². The van der Waals surface area contributed by atoms with Crippen LogP contribution in [0.15, 0.2) is 18.2 Å². The number of hydrogen-bond acceptors (Lipinski definition) is 7. The number of nitriles is 1. The van der Waals surface area contributed by atoms with E-state index in [9.17, 15) is 4.39 Å². The number of hydrogen-bond donors (Lipinski definition) is 1. The van der Waals surface area contributed by atoms with E-state index in [4.69, 9.17) is 14.7 Å². The first kappa shape index (κ1) is 13.5. The van der Waals surface area contributed by atoms with Crippen LogP contribution in [0.3, 0.4) is 0 Å². The van der Waals surface area contributed by atoms with E-state index in [1.165, 1.54) is 19.2 Å². The first-order valence-corrected chi connectivity index (χ1v) is 5.51. The van der Waals surface area contributed by atoms with E-state index in [-0.39, 0.29) is 29.3 Å². The zero-order valence-corrected chi connectivity index (χ0v) is 10.7. The van der Waals surface area contributed by atoms with E-state index < -0.39 is 5.82 Å². The maximum atomic E-state index is 13.7. The molecule has 0 aliphatic rings. The quantitative estimate of drug-likeness (QED) is 0.908. The predicted molar refractivity (Wildman–Crippen MR) is 67.1 cm³/mol. The third kappa shape index (κ3) is 2.89. The molecule has 7 nitrogen and oxygen atoms in total. The van der Waals surface area contributed by atoms with Crippen LogP contribution >= 0.6 is 0 Å². The number of rotatable bonds is 4. The van der Waals surface area contributed by atoms with E-state index in [2.05, 4.69) is 20.3 Å². The van der Waals surface area contributed by atoms with Crippen LogP contribution in [0, 0.1) is 17.1 Å². The van der Waals surface area contributed by atoms with Gasteiger partial charge in [0.05, 0.1) is 18.7 Å². The standard InChI is InChI=1S/C12H10FN5O2/c1-15-10-16-11(19-2)18-12(17-10)20-9-4-3-7(6-14)5-8(9)13/h3-5H,1-2H3,(H,15,16,17,18).